The van der Waals surface area contributed by atoms with E-state index in [1.54, 1.807) is 6.92 Å². The third-order valence-electron chi connectivity index (χ3n) is 3.30. The maximum absolute atomic E-state index is 11.2. The first kappa shape index (κ1) is 15.1. The largest absolute Gasteiger partial charge is 0.487 e. The van der Waals surface area contributed by atoms with Crippen molar-refractivity contribution in [2.75, 3.05) is 0 Å². The summed E-state index contributed by atoms with van der Waals surface area (Å²) in [6, 6.07) is 7.77. The van der Waals surface area contributed by atoms with Crippen molar-refractivity contribution in [3.63, 3.8) is 0 Å². The third-order valence-corrected chi connectivity index (χ3v) is 3.30. The molecule has 0 amide bonds. The van der Waals surface area contributed by atoms with E-state index in [9.17, 15) is 9.90 Å². The highest BCUT2D eigenvalue weighted by atomic mass is 16.5. The Bertz CT molecular complexity index is 654. The molecule has 2 N–H and O–H groups in total. The Kier molecular flexibility index (Phi) is 4.02. The van der Waals surface area contributed by atoms with Gasteiger partial charge >= 0.3 is 5.97 Å². The van der Waals surface area contributed by atoms with Crippen LogP contribution < -0.4 is 4.74 Å². The van der Waals surface area contributed by atoms with Gasteiger partial charge in [0.25, 0.3) is 0 Å². The summed E-state index contributed by atoms with van der Waals surface area (Å²) in [6.45, 7) is 8.13. The average Bonchev–Trinajstić information content (AvgIpc) is 2.77. The zero-order chi connectivity index (χ0) is 15.6. The van der Waals surface area contributed by atoms with E-state index >= 15 is 0 Å². The summed E-state index contributed by atoms with van der Waals surface area (Å²) < 4.78 is 5.81. The van der Waals surface area contributed by atoms with Crippen molar-refractivity contribution in [3.8, 4) is 5.75 Å². The number of nitrogens with zero attached hydrogens (tertiary/aromatic N) is 1. The van der Waals surface area contributed by atoms with Gasteiger partial charge in [0.2, 0.25) is 0 Å². The zero-order valence-corrected chi connectivity index (χ0v) is 12.7. The second kappa shape index (κ2) is 5.60. The SMILES string of the molecule is Cc1[nH]nc(COc2ccccc2C(C)(C)C)c1C(=O)O. The van der Waals surface area contributed by atoms with Gasteiger partial charge in [0.05, 0.1) is 0 Å². The first-order chi connectivity index (χ1) is 9.80. The summed E-state index contributed by atoms with van der Waals surface area (Å²) in [7, 11) is 0. The number of benzene rings is 1. The molecule has 0 unspecified atom stereocenters. The number of aromatic nitrogens is 2. The molecule has 0 atom stereocenters. The highest BCUT2D eigenvalue weighted by Gasteiger charge is 2.21. The predicted octanol–water partition coefficient (Wildman–Crippen LogP) is 3.29. The number of H-pyrrole nitrogens is 1. The lowest BCUT2D eigenvalue weighted by atomic mass is 9.86. The van der Waals surface area contributed by atoms with E-state index in [0.29, 0.717) is 11.4 Å². The molecule has 0 saturated heterocycles. The number of hydrogen-bond donors (Lipinski definition) is 2. The predicted molar refractivity (Wildman–Crippen MR) is 79.8 cm³/mol. The summed E-state index contributed by atoms with van der Waals surface area (Å²) >= 11 is 0. The van der Waals surface area contributed by atoms with Crippen LogP contribution in [0.1, 0.15) is 48.1 Å². The van der Waals surface area contributed by atoms with Crippen molar-refractivity contribution >= 4 is 5.97 Å². The highest BCUT2D eigenvalue weighted by Crippen LogP contribution is 2.31. The first-order valence-electron chi connectivity index (χ1n) is 6.80. The van der Waals surface area contributed by atoms with E-state index in [1.807, 2.05) is 24.3 Å². The Morgan fingerprint density at radius 1 is 1.33 bits per heavy atom. The number of aromatic amines is 1. The Balaban J connectivity index is 2.24. The molecule has 112 valence electrons. The molecule has 2 aromatic rings. The van der Waals surface area contributed by atoms with Gasteiger partial charge in [-0.3, -0.25) is 5.10 Å². The maximum atomic E-state index is 11.2. The Hall–Kier alpha value is -2.30. The summed E-state index contributed by atoms with van der Waals surface area (Å²) in [5.41, 5.74) is 2.15. The Morgan fingerprint density at radius 2 is 2.00 bits per heavy atom. The minimum atomic E-state index is -0.996. The number of aryl methyl sites for hydroxylation is 1. The van der Waals surface area contributed by atoms with E-state index < -0.39 is 5.97 Å². The number of rotatable bonds is 4. The zero-order valence-electron chi connectivity index (χ0n) is 12.7. The maximum Gasteiger partial charge on any atom is 0.339 e. The minimum absolute atomic E-state index is 0.0479. The van der Waals surface area contributed by atoms with Crippen LogP contribution in [0.2, 0.25) is 0 Å². The molecule has 0 bridgehead atoms. The standard InChI is InChI=1S/C16H20N2O3/c1-10-14(15(19)20)12(18-17-10)9-21-13-8-6-5-7-11(13)16(2,3)4/h5-8H,9H2,1-4H3,(H,17,18)(H,19,20). The lowest BCUT2D eigenvalue weighted by Crippen LogP contribution is -2.14. The van der Waals surface area contributed by atoms with E-state index in [2.05, 4.69) is 31.0 Å². The molecule has 0 radical (unpaired) electrons. The van der Waals surface area contributed by atoms with Crippen molar-refractivity contribution < 1.29 is 14.6 Å². The summed E-state index contributed by atoms with van der Waals surface area (Å²) in [4.78, 5) is 11.2. The first-order valence-corrected chi connectivity index (χ1v) is 6.80. The fourth-order valence-corrected chi connectivity index (χ4v) is 2.23. The van der Waals surface area contributed by atoms with E-state index in [-0.39, 0.29) is 17.6 Å². The van der Waals surface area contributed by atoms with Crippen LogP contribution in [0.3, 0.4) is 0 Å². The molecule has 0 aliphatic carbocycles. The number of carboxylic acid groups (broad SMARTS) is 1. The van der Waals surface area contributed by atoms with Crippen molar-refractivity contribution in [3.05, 3.63) is 46.8 Å². The van der Waals surface area contributed by atoms with Crippen molar-refractivity contribution in [2.24, 2.45) is 0 Å². The van der Waals surface area contributed by atoms with Gasteiger partial charge in [0, 0.05) is 5.69 Å². The lowest BCUT2D eigenvalue weighted by molar-refractivity contribution is 0.0693. The molecular weight excluding hydrogens is 268 g/mol. The molecule has 0 aliphatic rings. The summed E-state index contributed by atoms with van der Waals surface area (Å²) in [5.74, 6) is -0.244. The average molecular weight is 288 g/mol. The van der Waals surface area contributed by atoms with Gasteiger partial charge < -0.3 is 9.84 Å². The van der Waals surface area contributed by atoms with Gasteiger partial charge in [-0.2, -0.15) is 5.10 Å². The number of nitrogens with one attached hydrogen (secondary N) is 1. The van der Waals surface area contributed by atoms with Crippen molar-refractivity contribution in [1.29, 1.82) is 0 Å². The highest BCUT2D eigenvalue weighted by molar-refractivity contribution is 5.90. The number of carbonyl (C=O) groups is 1. The van der Waals surface area contributed by atoms with Crippen LogP contribution in [0.5, 0.6) is 5.75 Å². The second-order valence-corrected chi connectivity index (χ2v) is 6.01. The van der Waals surface area contributed by atoms with Crippen LogP contribution in [-0.2, 0) is 12.0 Å². The van der Waals surface area contributed by atoms with Gasteiger partial charge in [0.1, 0.15) is 23.6 Å². The fourth-order valence-electron chi connectivity index (χ4n) is 2.23. The van der Waals surface area contributed by atoms with Gasteiger partial charge in [-0.15, -0.1) is 0 Å². The molecule has 0 fully saturated rings. The molecule has 5 heteroatoms. The molecule has 1 aromatic heterocycles. The van der Waals surface area contributed by atoms with E-state index in [0.717, 1.165) is 11.3 Å². The smallest absolute Gasteiger partial charge is 0.339 e. The molecular formula is C16H20N2O3. The fraction of sp³-hybridized carbons (Fsp3) is 0.375. The van der Waals surface area contributed by atoms with Crippen LogP contribution in [0.15, 0.2) is 24.3 Å². The van der Waals surface area contributed by atoms with Crippen LogP contribution in [0, 0.1) is 6.92 Å². The molecule has 2 rings (SSSR count). The normalized spacial score (nSPS) is 11.4. The van der Waals surface area contributed by atoms with Crippen LogP contribution in [0.25, 0.3) is 0 Å². The molecule has 5 nitrogen and oxygen atoms in total. The topological polar surface area (TPSA) is 75.2 Å². The van der Waals surface area contributed by atoms with E-state index in [1.165, 1.54) is 0 Å². The second-order valence-electron chi connectivity index (χ2n) is 6.01. The van der Waals surface area contributed by atoms with Crippen LogP contribution in [0.4, 0.5) is 0 Å². The monoisotopic (exact) mass is 288 g/mol. The molecule has 0 spiro atoms. The number of aromatic carboxylic acids is 1. The quantitative estimate of drug-likeness (QED) is 0.905. The number of para-hydroxylation sites is 1. The molecule has 21 heavy (non-hydrogen) atoms. The number of hydrogen-bond acceptors (Lipinski definition) is 3. The minimum Gasteiger partial charge on any atom is -0.487 e. The van der Waals surface area contributed by atoms with E-state index in [4.69, 9.17) is 4.74 Å². The molecule has 0 aliphatic heterocycles. The van der Waals surface area contributed by atoms with Crippen molar-refractivity contribution in [1.82, 2.24) is 10.2 Å². The van der Waals surface area contributed by atoms with Crippen LogP contribution >= 0.6 is 0 Å². The molecule has 1 aromatic carbocycles. The van der Waals surface area contributed by atoms with Gasteiger partial charge in [-0.1, -0.05) is 39.0 Å². The molecule has 0 saturated carbocycles. The van der Waals surface area contributed by atoms with Crippen molar-refractivity contribution in [2.45, 2.75) is 39.7 Å². The number of carboxylic acids is 1. The van der Waals surface area contributed by atoms with Gasteiger partial charge in [-0.05, 0) is 24.0 Å². The van der Waals surface area contributed by atoms with Crippen LogP contribution in [-0.4, -0.2) is 21.3 Å². The summed E-state index contributed by atoms with van der Waals surface area (Å²) in [6.07, 6.45) is 0. The van der Waals surface area contributed by atoms with Gasteiger partial charge in [0.15, 0.2) is 0 Å². The Morgan fingerprint density at radius 3 is 2.62 bits per heavy atom. The number of ether oxygens (including phenoxy) is 1. The Labute approximate surface area is 124 Å². The lowest BCUT2D eigenvalue weighted by Gasteiger charge is -2.22. The molecule has 1 heterocycles. The summed E-state index contributed by atoms with van der Waals surface area (Å²) in [5, 5.41) is 15.9. The third kappa shape index (κ3) is 3.24. The van der Waals surface area contributed by atoms with Gasteiger partial charge in [-0.25, -0.2) is 4.79 Å².